The minimum absolute atomic E-state index is 0.0299. The number of carbonyl (C=O) groups is 2. The first-order valence-corrected chi connectivity index (χ1v) is 14.4. The summed E-state index contributed by atoms with van der Waals surface area (Å²) in [4.78, 5) is 28.3. The van der Waals surface area contributed by atoms with Crippen molar-refractivity contribution in [3.8, 4) is 0 Å². The Hall–Kier alpha value is -3.07. The molecule has 2 amide bonds. The highest BCUT2D eigenvalue weighted by Gasteiger charge is 2.33. The lowest BCUT2D eigenvalue weighted by atomic mass is 10.1. The molecule has 3 aromatic rings. The van der Waals surface area contributed by atoms with Gasteiger partial charge >= 0.3 is 0 Å². The van der Waals surface area contributed by atoms with Crippen molar-refractivity contribution in [2.75, 3.05) is 17.4 Å². The first-order valence-electron chi connectivity index (χ1n) is 12.2. The van der Waals surface area contributed by atoms with E-state index in [1.807, 2.05) is 6.92 Å². The molecule has 3 aromatic carbocycles. The SMILES string of the molecule is CCNC(=O)[C@H](CC)N(Cc1ccccc1Cl)C(=O)CN(c1cccc(Cl)c1)S(=O)(=O)c1ccc(C)cc1. The molecule has 0 unspecified atom stereocenters. The lowest BCUT2D eigenvalue weighted by Crippen LogP contribution is -2.52. The van der Waals surface area contributed by atoms with E-state index in [-0.39, 0.29) is 23.0 Å². The van der Waals surface area contributed by atoms with Crippen LogP contribution in [0.25, 0.3) is 0 Å². The van der Waals surface area contributed by atoms with Crippen molar-refractivity contribution in [1.29, 1.82) is 0 Å². The Kier molecular flexibility index (Phi) is 10.2. The molecule has 0 saturated heterocycles. The topological polar surface area (TPSA) is 86.8 Å². The van der Waals surface area contributed by atoms with Gasteiger partial charge in [-0.3, -0.25) is 13.9 Å². The molecule has 1 N–H and O–H groups in total. The maximum Gasteiger partial charge on any atom is 0.264 e. The molecule has 0 spiro atoms. The molecule has 0 radical (unpaired) electrons. The predicted octanol–water partition coefficient (Wildman–Crippen LogP) is 5.44. The number of nitrogens with one attached hydrogen (secondary N) is 1. The Labute approximate surface area is 234 Å². The number of sulfonamides is 1. The second-order valence-corrected chi connectivity index (χ2v) is 11.4. The molecule has 0 aliphatic heterocycles. The molecule has 0 aromatic heterocycles. The van der Waals surface area contributed by atoms with Gasteiger partial charge in [0.25, 0.3) is 10.0 Å². The van der Waals surface area contributed by atoms with Gasteiger partial charge in [0.2, 0.25) is 11.8 Å². The summed E-state index contributed by atoms with van der Waals surface area (Å²) in [7, 11) is -4.16. The number of aryl methyl sites for hydroxylation is 1. The third-order valence-corrected chi connectivity index (χ3v) is 8.41. The summed E-state index contributed by atoms with van der Waals surface area (Å²) < 4.78 is 28.7. The van der Waals surface area contributed by atoms with Crippen LogP contribution in [0.5, 0.6) is 0 Å². The third-order valence-electron chi connectivity index (χ3n) is 6.02. The van der Waals surface area contributed by atoms with Gasteiger partial charge in [0.1, 0.15) is 12.6 Å². The molecule has 3 rings (SSSR count). The van der Waals surface area contributed by atoms with Crippen LogP contribution < -0.4 is 9.62 Å². The van der Waals surface area contributed by atoms with Crippen LogP contribution in [0, 0.1) is 6.92 Å². The fourth-order valence-electron chi connectivity index (χ4n) is 4.02. The van der Waals surface area contributed by atoms with Crippen LogP contribution in [0.4, 0.5) is 5.69 Å². The average molecular weight is 577 g/mol. The molecule has 0 fully saturated rings. The fourth-order valence-corrected chi connectivity index (χ4v) is 5.81. The molecule has 0 saturated carbocycles. The molecule has 0 aliphatic carbocycles. The molecule has 10 heteroatoms. The smallest absolute Gasteiger partial charge is 0.264 e. The van der Waals surface area contributed by atoms with Gasteiger partial charge in [-0.1, -0.05) is 72.1 Å². The number of likely N-dealkylation sites (N-methyl/N-ethyl adjacent to an activating group) is 1. The number of amides is 2. The molecular weight excluding hydrogens is 545 g/mol. The van der Waals surface area contributed by atoms with Gasteiger partial charge in [-0.2, -0.15) is 0 Å². The molecule has 7 nitrogen and oxygen atoms in total. The zero-order valence-electron chi connectivity index (χ0n) is 21.5. The summed E-state index contributed by atoms with van der Waals surface area (Å²) >= 11 is 12.6. The van der Waals surface area contributed by atoms with Crippen molar-refractivity contribution in [1.82, 2.24) is 10.2 Å². The fraction of sp³-hybridized carbons (Fsp3) is 0.286. The van der Waals surface area contributed by atoms with E-state index in [9.17, 15) is 18.0 Å². The highest BCUT2D eigenvalue weighted by molar-refractivity contribution is 7.92. The number of halogens is 2. The first kappa shape index (κ1) is 29.5. The van der Waals surface area contributed by atoms with Crippen LogP contribution in [-0.2, 0) is 26.2 Å². The number of anilines is 1. The van der Waals surface area contributed by atoms with E-state index in [0.717, 1.165) is 9.87 Å². The van der Waals surface area contributed by atoms with Gasteiger partial charge in [0, 0.05) is 23.1 Å². The second kappa shape index (κ2) is 13.1. The summed E-state index contributed by atoms with van der Waals surface area (Å²) in [6, 6.07) is 18.9. The molecule has 38 heavy (non-hydrogen) atoms. The summed E-state index contributed by atoms with van der Waals surface area (Å²) in [5, 5.41) is 3.53. The predicted molar refractivity (Wildman–Crippen MR) is 152 cm³/mol. The van der Waals surface area contributed by atoms with Crippen molar-refractivity contribution in [2.45, 2.75) is 44.7 Å². The molecule has 0 heterocycles. The zero-order valence-corrected chi connectivity index (χ0v) is 23.9. The number of hydrogen-bond acceptors (Lipinski definition) is 4. The van der Waals surface area contributed by atoms with Gasteiger partial charge in [-0.05, 0) is 62.2 Å². The van der Waals surface area contributed by atoms with E-state index in [4.69, 9.17) is 23.2 Å². The van der Waals surface area contributed by atoms with Crippen molar-refractivity contribution < 1.29 is 18.0 Å². The van der Waals surface area contributed by atoms with E-state index in [1.54, 1.807) is 68.4 Å². The van der Waals surface area contributed by atoms with Gasteiger partial charge in [0.05, 0.1) is 10.6 Å². The van der Waals surface area contributed by atoms with E-state index < -0.39 is 28.5 Å². The van der Waals surface area contributed by atoms with E-state index >= 15 is 0 Å². The van der Waals surface area contributed by atoms with E-state index in [0.29, 0.717) is 28.6 Å². The molecule has 1 atom stereocenters. The third kappa shape index (κ3) is 7.07. The Morgan fingerprint density at radius 2 is 1.63 bits per heavy atom. The standard InChI is InChI=1S/C28H31Cl2N3O4S/c1-4-26(28(35)31-5-2)32(18-21-9-6-7-12-25(21)30)27(34)19-33(23-11-8-10-22(29)17-23)38(36,37)24-15-13-20(3)14-16-24/h6-17,26H,4-5,18-19H2,1-3H3,(H,31,35)/t26-/m0/s1. The molecule has 0 bridgehead atoms. The number of nitrogens with zero attached hydrogens (tertiary/aromatic N) is 2. The molecule has 0 aliphatic rings. The Morgan fingerprint density at radius 3 is 2.24 bits per heavy atom. The van der Waals surface area contributed by atoms with Gasteiger partial charge < -0.3 is 10.2 Å². The van der Waals surface area contributed by atoms with Crippen molar-refractivity contribution in [3.05, 3.63) is 94.0 Å². The van der Waals surface area contributed by atoms with Crippen LogP contribution in [-0.4, -0.2) is 44.3 Å². The highest BCUT2D eigenvalue weighted by atomic mass is 35.5. The maximum absolute atomic E-state index is 13.9. The van der Waals surface area contributed by atoms with Crippen LogP contribution in [0.15, 0.2) is 77.7 Å². The van der Waals surface area contributed by atoms with E-state index in [1.165, 1.54) is 23.1 Å². The minimum atomic E-state index is -4.16. The van der Waals surface area contributed by atoms with Crippen LogP contribution in [0.3, 0.4) is 0 Å². The zero-order chi connectivity index (χ0) is 27.9. The van der Waals surface area contributed by atoms with Crippen LogP contribution >= 0.6 is 23.2 Å². The number of rotatable bonds is 11. The van der Waals surface area contributed by atoms with Gasteiger partial charge in [0.15, 0.2) is 0 Å². The van der Waals surface area contributed by atoms with Gasteiger partial charge in [-0.15, -0.1) is 0 Å². The highest BCUT2D eigenvalue weighted by Crippen LogP contribution is 2.27. The molecule has 202 valence electrons. The van der Waals surface area contributed by atoms with Crippen molar-refractivity contribution in [3.63, 3.8) is 0 Å². The maximum atomic E-state index is 13.9. The van der Waals surface area contributed by atoms with Crippen molar-refractivity contribution in [2.24, 2.45) is 0 Å². The Bertz CT molecular complexity index is 1380. The quantitative estimate of drug-likeness (QED) is 0.330. The summed E-state index contributed by atoms with van der Waals surface area (Å²) in [5.41, 5.74) is 1.77. The lowest BCUT2D eigenvalue weighted by Gasteiger charge is -2.33. The number of carbonyl (C=O) groups excluding carboxylic acids is 2. The van der Waals surface area contributed by atoms with Crippen molar-refractivity contribution >= 4 is 50.7 Å². The molecular formula is C28H31Cl2N3O4S. The second-order valence-electron chi connectivity index (χ2n) is 8.74. The van der Waals surface area contributed by atoms with E-state index in [2.05, 4.69) is 5.32 Å². The average Bonchev–Trinajstić information content (AvgIpc) is 2.88. The Balaban J connectivity index is 2.07. The monoisotopic (exact) mass is 575 g/mol. The van der Waals surface area contributed by atoms with Crippen LogP contribution in [0.2, 0.25) is 10.0 Å². The Morgan fingerprint density at radius 1 is 0.947 bits per heavy atom. The lowest BCUT2D eigenvalue weighted by molar-refractivity contribution is -0.140. The summed E-state index contributed by atoms with van der Waals surface area (Å²) in [6.07, 6.45) is 0.323. The minimum Gasteiger partial charge on any atom is -0.355 e. The van der Waals surface area contributed by atoms with Crippen LogP contribution in [0.1, 0.15) is 31.4 Å². The first-order chi connectivity index (χ1) is 18.1. The normalized spacial score (nSPS) is 12.0. The summed E-state index contributed by atoms with van der Waals surface area (Å²) in [6.45, 7) is 5.32. The summed E-state index contributed by atoms with van der Waals surface area (Å²) in [5.74, 6) is -0.884. The van der Waals surface area contributed by atoms with Gasteiger partial charge in [-0.25, -0.2) is 8.42 Å². The number of hydrogen-bond donors (Lipinski definition) is 1. The largest absolute Gasteiger partial charge is 0.355 e. The number of benzene rings is 3.